The van der Waals surface area contributed by atoms with E-state index in [0.29, 0.717) is 24.6 Å². The van der Waals surface area contributed by atoms with Crippen molar-refractivity contribution >= 4 is 17.7 Å². The van der Waals surface area contributed by atoms with Gasteiger partial charge in [0.05, 0.1) is 0 Å². The number of hydrogen-bond donors (Lipinski definition) is 2. The maximum Gasteiger partial charge on any atom is 0.255 e. The summed E-state index contributed by atoms with van der Waals surface area (Å²) in [6, 6.07) is 6.11. The van der Waals surface area contributed by atoms with Gasteiger partial charge in [-0.2, -0.15) is 0 Å². The molecule has 1 aromatic carbocycles. The lowest BCUT2D eigenvalue weighted by molar-refractivity contribution is -0.136. The third-order valence-electron chi connectivity index (χ3n) is 7.20. The predicted molar refractivity (Wildman–Crippen MR) is 103 cm³/mol. The normalized spacial score (nSPS) is 31.9. The number of fused-ring (bicyclic) bond motifs is 4. The van der Waals surface area contributed by atoms with E-state index in [0.717, 1.165) is 23.9 Å². The molecule has 2 aliphatic heterocycles. The summed E-state index contributed by atoms with van der Waals surface area (Å²) >= 11 is 0. The maximum absolute atomic E-state index is 12.8. The molecule has 148 valence electrons. The molecule has 1 aromatic rings. The van der Waals surface area contributed by atoms with Gasteiger partial charge in [-0.3, -0.25) is 19.7 Å². The Bertz CT molecular complexity index is 828. The zero-order valence-corrected chi connectivity index (χ0v) is 16.1. The van der Waals surface area contributed by atoms with E-state index in [1.807, 2.05) is 12.1 Å². The van der Waals surface area contributed by atoms with Gasteiger partial charge in [0, 0.05) is 31.1 Å². The van der Waals surface area contributed by atoms with E-state index in [-0.39, 0.29) is 24.1 Å². The molecule has 2 bridgehead atoms. The number of rotatable bonds is 4. The first kappa shape index (κ1) is 17.9. The number of carbonyl (C=O) groups excluding carboxylic acids is 3. The summed E-state index contributed by atoms with van der Waals surface area (Å²) in [6.45, 7) is 1.27. The van der Waals surface area contributed by atoms with Crippen molar-refractivity contribution in [1.82, 2.24) is 15.5 Å². The summed E-state index contributed by atoms with van der Waals surface area (Å²) in [6.07, 6.45) is 7.53. The van der Waals surface area contributed by atoms with E-state index < -0.39 is 6.04 Å². The minimum Gasteiger partial charge on any atom is -0.322 e. The molecule has 1 saturated heterocycles. The fourth-order valence-corrected chi connectivity index (χ4v) is 5.61. The van der Waals surface area contributed by atoms with Crippen LogP contribution < -0.4 is 10.6 Å². The maximum atomic E-state index is 12.8. The molecule has 6 heteroatoms. The van der Waals surface area contributed by atoms with Crippen molar-refractivity contribution < 1.29 is 14.4 Å². The van der Waals surface area contributed by atoms with E-state index in [9.17, 15) is 14.4 Å². The number of nitrogens with one attached hydrogen (secondary N) is 2. The van der Waals surface area contributed by atoms with E-state index in [2.05, 4.69) is 16.7 Å². The second-order valence-electron chi connectivity index (χ2n) is 8.90. The highest BCUT2D eigenvalue weighted by Gasteiger charge is 2.39. The summed E-state index contributed by atoms with van der Waals surface area (Å²) in [7, 11) is 0. The number of piperidine rings is 1. The molecule has 2 heterocycles. The molecule has 6 rings (SSSR count). The van der Waals surface area contributed by atoms with Gasteiger partial charge in [-0.1, -0.05) is 25.0 Å². The van der Waals surface area contributed by atoms with Crippen LogP contribution in [0.25, 0.3) is 0 Å². The van der Waals surface area contributed by atoms with Crippen LogP contribution in [-0.2, 0) is 22.7 Å². The van der Waals surface area contributed by atoms with Crippen molar-refractivity contribution in [3.8, 4) is 0 Å². The summed E-state index contributed by atoms with van der Waals surface area (Å²) < 4.78 is 0. The molecule has 1 unspecified atom stereocenters. The van der Waals surface area contributed by atoms with Crippen molar-refractivity contribution in [2.75, 3.05) is 0 Å². The largest absolute Gasteiger partial charge is 0.322 e. The van der Waals surface area contributed by atoms with Crippen LogP contribution in [0.1, 0.15) is 66.4 Å². The zero-order chi connectivity index (χ0) is 19.3. The monoisotopic (exact) mass is 381 g/mol. The van der Waals surface area contributed by atoms with Gasteiger partial charge in [-0.05, 0) is 54.7 Å². The number of nitrogens with zero attached hydrogens (tertiary/aromatic N) is 1. The van der Waals surface area contributed by atoms with Crippen molar-refractivity contribution in [2.24, 2.45) is 11.8 Å². The Labute approximate surface area is 165 Å². The molecular weight excluding hydrogens is 354 g/mol. The number of hydrogen-bond acceptors (Lipinski definition) is 4. The number of imide groups is 1. The van der Waals surface area contributed by atoms with Gasteiger partial charge in [0.2, 0.25) is 11.8 Å². The third-order valence-corrected chi connectivity index (χ3v) is 7.20. The fourth-order valence-electron chi connectivity index (χ4n) is 5.61. The van der Waals surface area contributed by atoms with E-state index in [4.69, 9.17) is 0 Å². The molecular formula is C22H27N3O3. The summed E-state index contributed by atoms with van der Waals surface area (Å²) in [5.74, 6) is 1.02. The molecule has 2 N–H and O–H groups in total. The number of carbonyl (C=O) groups is 3. The van der Waals surface area contributed by atoms with Crippen molar-refractivity contribution in [3.63, 3.8) is 0 Å². The first-order chi connectivity index (χ1) is 13.6. The van der Waals surface area contributed by atoms with Gasteiger partial charge in [-0.15, -0.1) is 0 Å². The van der Waals surface area contributed by atoms with Crippen LogP contribution >= 0.6 is 0 Å². The summed E-state index contributed by atoms with van der Waals surface area (Å²) in [4.78, 5) is 37.9. The molecule has 3 aliphatic carbocycles. The quantitative estimate of drug-likeness (QED) is 0.783. The zero-order valence-electron chi connectivity index (χ0n) is 16.1. The van der Waals surface area contributed by atoms with Gasteiger partial charge in [-0.25, -0.2) is 0 Å². The topological polar surface area (TPSA) is 78.5 Å². The lowest BCUT2D eigenvalue weighted by Crippen LogP contribution is -2.52. The van der Waals surface area contributed by atoms with E-state index in [1.165, 1.54) is 37.7 Å². The van der Waals surface area contributed by atoms with E-state index >= 15 is 0 Å². The Hall–Kier alpha value is -2.21. The van der Waals surface area contributed by atoms with Gasteiger partial charge in [0.15, 0.2) is 0 Å². The smallest absolute Gasteiger partial charge is 0.255 e. The Morgan fingerprint density at radius 1 is 1.07 bits per heavy atom. The minimum absolute atomic E-state index is 0.103. The van der Waals surface area contributed by atoms with Crippen LogP contribution in [-0.4, -0.2) is 34.7 Å². The predicted octanol–water partition coefficient (Wildman–Crippen LogP) is 2.12. The van der Waals surface area contributed by atoms with Gasteiger partial charge >= 0.3 is 0 Å². The number of amides is 3. The average Bonchev–Trinajstić information content (AvgIpc) is 3.03. The first-order valence-corrected chi connectivity index (χ1v) is 10.6. The minimum atomic E-state index is -0.544. The number of benzene rings is 1. The Kier molecular flexibility index (Phi) is 4.46. The second-order valence-corrected chi connectivity index (χ2v) is 8.90. The summed E-state index contributed by atoms with van der Waals surface area (Å²) in [5.41, 5.74) is 2.86. The Morgan fingerprint density at radius 3 is 2.61 bits per heavy atom. The molecule has 4 fully saturated rings. The third kappa shape index (κ3) is 3.13. The lowest BCUT2D eigenvalue weighted by atomic mass is 9.68. The molecule has 5 aliphatic rings. The lowest BCUT2D eigenvalue weighted by Gasteiger charge is -2.42. The highest BCUT2D eigenvalue weighted by atomic mass is 16.2. The second kappa shape index (κ2) is 6.99. The van der Waals surface area contributed by atoms with E-state index in [1.54, 1.807) is 4.90 Å². The molecule has 0 spiro atoms. The van der Waals surface area contributed by atoms with Crippen LogP contribution in [0.5, 0.6) is 0 Å². The van der Waals surface area contributed by atoms with Crippen LogP contribution in [0.4, 0.5) is 0 Å². The van der Waals surface area contributed by atoms with Crippen LogP contribution in [0.15, 0.2) is 18.2 Å². The van der Waals surface area contributed by atoms with Crippen molar-refractivity contribution in [1.29, 1.82) is 0 Å². The molecule has 0 radical (unpaired) electrons. The SMILES string of the molecule is O=C1CCC(N2Cc3cc(CN[C@@H]4CC5CCC4CC5)ccc3C2=O)C(=O)N1. The standard InChI is InChI=1S/C22H27N3O3/c26-20-8-7-19(21(27)24-20)25-12-16-9-14(3-6-17(16)22(25)28)11-23-18-10-13-1-4-15(18)5-2-13/h3,6,9,13,15,18-19,23H,1-2,4-5,7-8,10-12H2,(H,24,26,27)/t13?,15?,18-,19?/m1/s1. The van der Waals surface area contributed by atoms with Gasteiger partial charge in [0.25, 0.3) is 5.91 Å². The molecule has 28 heavy (non-hydrogen) atoms. The fraction of sp³-hybridized carbons (Fsp3) is 0.591. The molecule has 2 atom stereocenters. The van der Waals surface area contributed by atoms with Gasteiger partial charge < -0.3 is 10.2 Å². The first-order valence-electron chi connectivity index (χ1n) is 10.6. The summed E-state index contributed by atoms with van der Waals surface area (Å²) in [5, 5.41) is 6.11. The average molecular weight is 381 g/mol. The molecule has 3 saturated carbocycles. The van der Waals surface area contributed by atoms with Gasteiger partial charge in [0.1, 0.15) is 6.04 Å². The molecule has 3 amide bonds. The Balaban J connectivity index is 1.25. The molecule has 0 aromatic heterocycles. The van der Waals surface area contributed by atoms with Crippen LogP contribution in [0.2, 0.25) is 0 Å². The Morgan fingerprint density at radius 2 is 1.89 bits per heavy atom. The molecule has 6 nitrogen and oxygen atoms in total. The highest BCUT2D eigenvalue weighted by molar-refractivity contribution is 6.05. The van der Waals surface area contributed by atoms with Crippen molar-refractivity contribution in [2.45, 2.75) is 70.1 Å². The van der Waals surface area contributed by atoms with Crippen LogP contribution in [0.3, 0.4) is 0 Å². The highest BCUT2D eigenvalue weighted by Crippen LogP contribution is 2.41. The van der Waals surface area contributed by atoms with Crippen LogP contribution in [0, 0.1) is 11.8 Å². The van der Waals surface area contributed by atoms with Crippen molar-refractivity contribution in [3.05, 3.63) is 34.9 Å².